The van der Waals surface area contributed by atoms with Crippen LogP contribution in [0.4, 0.5) is 11.4 Å². The van der Waals surface area contributed by atoms with Gasteiger partial charge in [0.05, 0.1) is 10.6 Å². The van der Waals surface area contributed by atoms with Crippen molar-refractivity contribution in [3.05, 3.63) is 32.3 Å². The zero-order valence-electron chi connectivity index (χ0n) is 11.3. The van der Waals surface area contributed by atoms with Crippen molar-refractivity contribution in [2.75, 3.05) is 5.32 Å². The quantitative estimate of drug-likeness (QED) is 0.649. The number of rotatable bonds is 3. The van der Waals surface area contributed by atoms with E-state index in [2.05, 4.69) is 28.2 Å². The highest BCUT2D eigenvalue weighted by Gasteiger charge is 2.21. The number of nitro groups is 1. The van der Waals surface area contributed by atoms with Crippen LogP contribution >= 0.6 is 15.9 Å². The molecule has 2 rings (SSSR count). The predicted molar refractivity (Wildman–Crippen MR) is 80.6 cm³/mol. The minimum atomic E-state index is -0.323. The Morgan fingerprint density at radius 3 is 2.79 bits per heavy atom. The number of nitrogens with zero attached hydrogens (tertiary/aromatic N) is 1. The van der Waals surface area contributed by atoms with Gasteiger partial charge in [-0.15, -0.1) is 0 Å². The largest absolute Gasteiger partial charge is 0.381 e. The molecule has 0 saturated heterocycles. The summed E-state index contributed by atoms with van der Waals surface area (Å²) in [5, 5.41) is 14.4. The zero-order valence-corrected chi connectivity index (χ0v) is 12.9. The van der Waals surface area contributed by atoms with Crippen molar-refractivity contribution in [3.63, 3.8) is 0 Å². The van der Waals surface area contributed by atoms with Gasteiger partial charge in [-0.2, -0.15) is 0 Å². The first-order chi connectivity index (χ1) is 8.97. The molecular formula is C14H19BrN2O2. The second-order valence-electron chi connectivity index (χ2n) is 5.49. The number of halogens is 1. The summed E-state index contributed by atoms with van der Waals surface area (Å²) in [5.74, 6) is 0.727. The minimum Gasteiger partial charge on any atom is -0.381 e. The van der Waals surface area contributed by atoms with Crippen LogP contribution < -0.4 is 5.32 Å². The molecule has 1 fully saturated rings. The molecule has 0 aromatic heterocycles. The van der Waals surface area contributed by atoms with Gasteiger partial charge >= 0.3 is 0 Å². The van der Waals surface area contributed by atoms with E-state index in [1.54, 1.807) is 13.0 Å². The normalized spacial score (nSPS) is 23.1. The number of benzene rings is 1. The molecule has 4 nitrogen and oxygen atoms in total. The number of nitro benzene ring substituents is 1. The monoisotopic (exact) mass is 326 g/mol. The van der Waals surface area contributed by atoms with Crippen LogP contribution in [-0.4, -0.2) is 11.0 Å². The van der Waals surface area contributed by atoms with Gasteiger partial charge in [-0.25, -0.2) is 0 Å². The lowest BCUT2D eigenvalue weighted by Gasteiger charge is -2.28. The van der Waals surface area contributed by atoms with Gasteiger partial charge in [0.25, 0.3) is 5.69 Å². The summed E-state index contributed by atoms with van der Waals surface area (Å²) in [4.78, 5) is 10.7. The highest BCUT2D eigenvalue weighted by Crippen LogP contribution is 2.33. The minimum absolute atomic E-state index is 0.176. The fourth-order valence-corrected chi connectivity index (χ4v) is 3.33. The molecule has 5 heteroatoms. The van der Waals surface area contributed by atoms with Crippen molar-refractivity contribution in [3.8, 4) is 0 Å². The molecular weight excluding hydrogens is 308 g/mol. The highest BCUT2D eigenvalue weighted by atomic mass is 79.9. The van der Waals surface area contributed by atoms with Crippen molar-refractivity contribution in [1.29, 1.82) is 0 Å². The maximum atomic E-state index is 11.0. The third-order valence-electron chi connectivity index (χ3n) is 3.78. The second kappa shape index (κ2) is 5.90. The van der Waals surface area contributed by atoms with Crippen molar-refractivity contribution < 1.29 is 4.92 Å². The van der Waals surface area contributed by atoms with Crippen LogP contribution in [0.15, 0.2) is 16.6 Å². The molecule has 0 radical (unpaired) electrons. The van der Waals surface area contributed by atoms with Gasteiger partial charge in [0.2, 0.25) is 0 Å². The van der Waals surface area contributed by atoms with Gasteiger partial charge in [0.15, 0.2) is 0 Å². The first-order valence-electron chi connectivity index (χ1n) is 6.68. The summed E-state index contributed by atoms with van der Waals surface area (Å²) < 4.78 is 0.897. The number of hydrogen-bond acceptors (Lipinski definition) is 3. The zero-order chi connectivity index (χ0) is 14.0. The molecule has 0 spiro atoms. The van der Waals surface area contributed by atoms with E-state index in [1.807, 2.05) is 6.07 Å². The third kappa shape index (κ3) is 3.47. The van der Waals surface area contributed by atoms with E-state index < -0.39 is 0 Å². The molecule has 1 aliphatic rings. The maximum absolute atomic E-state index is 11.0. The van der Waals surface area contributed by atoms with Crippen molar-refractivity contribution in [1.82, 2.24) is 0 Å². The smallest absolute Gasteiger partial charge is 0.274 e. The van der Waals surface area contributed by atoms with E-state index in [-0.39, 0.29) is 10.6 Å². The maximum Gasteiger partial charge on any atom is 0.274 e. The molecule has 1 saturated carbocycles. The number of anilines is 1. The van der Waals surface area contributed by atoms with E-state index in [0.29, 0.717) is 11.6 Å². The van der Waals surface area contributed by atoms with Crippen LogP contribution in [-0.2, 0) is 0 Å². The Kier molecular flexibility index (Phi) is 4.45. The fourth-order valence-electron chi connectivity index (χ4n) is 2.75. The average Bonchev–Trinajstić information content (AvgIpc) is 2.32. The molecule has 0 amide bonds. The number of aryl methyl sites for hydroxylation is 1. The first-order valence-corrected chi connectivity index (χ1v) is 7.47. The molecule has 0 bridgehead atoms. The summed E-state index contributed by atoms with van der Waals surface area (Å²) in [6.07, 6.45) is 4.78. The Labute approximate surface area is 121 Å². The van der Waals surface area contributed by atoms with Crippen LogP contribution in [0.1, 0.15) is 38.2 Å². The molecule has 0 aliphatic heterocycles. The van der Waals surface area contributed by atoms with E-state index in [0.717, 1.165) is 28.9 Å². The summed E-state index contributed by atoms with van der Waals surface area (Å²) in [5.41, 5.74) is 1.69. The van der Waals surface area contributed by atoms with Crippen LogP contribution in [0.25, 0.3) is 0 Å². The summed E-state index contributed by atoms with van der Waals surface area (Å²) in [6, 6.07) is 3.87. The standard InChI is InChI=1S/C14H19BrN2O2/c1-9-4-3-5-11(6-9)16-13-8-14(17(18)19)10(2)7-12(13)15/h7-9,11,16H,3-6H2,1-2H3. The lowest BCUT2D eigenvalue weighted by molar-refractivity contribution is -0.385. The Hall–Kier alpha value is -1.10. The molecule has 1 aromatic carbocycles. The number of nitrogens with one attached hydrogen (secondary N) is 1. The van der Waals surface area contributed by atoms with Gasteiger partial charge < -0.3 is 5.32 Å². The van der Waals surface area contributed by atoms with Gasteiger partial charge in [0, 0.05) is 22.1 Å². The lowest BCUT2D eigenvalue weighted by Crippen LogP contribution is -2.26. The molecule has 1 aromatic rings. The highest BCUT2D eigenvalue weighted by molar-refractivity contribution is 9.10. The fraction of sp³-hybridized carbons (Fsp3) is 0.571. The molecule has 19 heavy (non-hydrogen) atoms. The topological polar surface area (TPSA) is 55.2 Å². The molecule has 1 aliphatic carbocycles. The second-order valence-corrected chi connectivity index (χ2v) is 6.34. The van der Waals surface area contributed by atoms with Gasteiger partial charge in [-0.05, 0) is 47.7 Å². The van der Waals surface area contributed by atoms with E-state index in [9.17, 15) is 10.1 Å². The van der Waals surface area contributed by atoms with Gasteiger partial charge in [0.1, 0.15) is 0 Å². The molecule has 2 atom stereocenters. The Balaban J connectivity index is 2.19. The van der Waals surface area contributed by atoms with Crippen LogP contribution in [0.2, 0.25) is 0 Å². The molecule has 2 unspecified atom stereocenters. The lowest BCUT2D eigenvalue weighted by atomic mass is 9.87. The predicted octanol–water partition coefficient (Wildman–Crippen LogP) is 4.66. The molecule has 1 N–H and O–H groups in total. The van der Waals surface area contributed by atoms with Crippen molar-refractivity contribution >= 4 is 27.3 Å². The molecule has 0 heterocycles. The van der Waals surface area contributed by atoms with Crippen LogP contribution in [0.3, 0.4) is 0 Å². The van der Waals surface area contributed by atoms with Crippen molar-refractivity contribution in [2.45, 2.75) is 45.6 Å². The molecule has 104 valence electrons. The third-order valence-corrected chi connectivity index (χ3v) is 4.43. The first kappa shape index (κ1) is 14.3. The van der Waals surface area contributed by atoms with E-state index in [1.165, 1.54) is 12.8 Å². The van der Waals surface area contributed by atoms with Gasteiger partial charge in [-0.3, -0.25) is 10.1 Å². The Morgan fingerprint density at radius 2 is 2.16 bits per heavy atom. The average molecular weight is 327 g/mol. The number of hydrogen-bond donors (Lipinski definition) is 1. The van der Waals surface area contributed by atoms with E-state index >= 15 is 0 Å². The summed E-state index contributed by atoms with van der Waals surface area (Å²) >= 11 is 3.49. The Morgan fingerprint density at radius 1 is 1.42 bits per heavy atom. The summed E-state index contributed by atoms with van der Waals surface area (Å²) in [6.45, 7) is 4.02. The summed E-state index contributed by atoms with van der Waals surface area (Å²) in [7, 11) is 0. The van der Waals surface area contributed by atoms with E-state index in [4.69, 9.17) is 0 Å². The SMILES string of the molecule is Cc1cc(Br)c(NC2CCCC(C)C2)cc1[N+](=O)[O-]. The Bertz CT molecular complexity index is 491. The van der Waals surface area contributed by atoms with Crippen LogP contribution in [0.5, 0.6) is 0 Å². The van der Waals surface area contributed by atoms with Crippen LogP contribution in [0, 0.1) is 23.0 Å². The van der Waals surface area contributed by atoms with Crippen molar-refractivity contribution in [2.24, 2.45) is 5.92 Å². The van der Waals surface area contributed by atoms with Gasteiger partial charge in [-0.1, -0.05) is 19.8 Å².